The van der Waals surface area contributed by atoms with Gasteiger partial charge in [-0.25, -0.2) is 0 Å². The van der Waals surface area contributed by atoms with Crippen LogP contribution in [0.15, 0.2) is 0 Å². The van der Waals surface area contributed by atoms with Gasteiger partial charge in [-0.1, -0.05) is 0 Å². The Morgan fingerprint density at radius 3 is 2.19 bits per heavy atom. The first-order valence-electron chi connectivity index (χ1n) is 6.14. The van der Waals surface area contributed by atoms with Crippen LogP contribution in [0.25, 0.3) is 0 Å². The molecule has 0 aromatic heterocycles. The summed E-state index contributed by atoms with van der Waals surface area (Å²) in [6, 6.07) is 0. The molecule has 0 saturated carbocycles. The van der Waals surface area contributed by atoms with Gasteiger partial charge in [-0.15, -0.1) is 0 Å². The number of rotatable bonds is 10. The Morgan fingerprint density at radius 1 is 1.19 bits per heavy atom. The lowest BCUT2D eigenvalue weighted by atomic mass is 10.0. The van der Waals surface area contributed by atoms with Crippen LogP contribution in [-0.2, 0) is 9.47 Å². The molecule has 4 heteroatoms. The third-order valence-electron chi connectivity index (χ3n) is 2.43. The first-order valence-corrected chi connectivity index (χ1v) is 6.14. The molecule has 0 rings (SSSR count). The van der Waals surface area contributed by atoms with Crippen molar-refractivity contribution in [2.45, 2.75) is 52.4 Å². The highest BCUT2D eigenvalue weighted by atomic mass is 16.7. The predicted octanol–water partition coefficient (Wildman–Crippen LogP) is 1.53. The SMILES string of the molecule is CCOC(CCNC(C)(C)CCO)OCC. The number of aliphatic hydroxyl groups excluding tert-OH is 1. The van der Waals surface area contributed by atoms with Gasteiger partial charge in [0.2, 0.25) is 0 Å². The molecule has 0 aromatic rings. The Hall–Kier alpha value is -0.160. The molecule has 0 unspecified atom stereocenters. The zero-order chi connectivity index (χ0) is 12.4. The van der Waals surface area contributed by atoms with E-state index in [9.17, 15) is 0 Å². The molecular formula is C12H27NO3. The second kappa shape index (κ2) is 8.93. The molecule has 0 spiro atoms. The molecule has 4 nitrogen and oxygen atoms in total. The summed E-state index contributed by atoms with van der Waals surface area (Å²) in [5.74, 6) is 0. The standard InChI is InChI=1S/C12H27NO3/c1-5-15-11(16-6-2)7-9-13-12(3,4)8-10-14/h11,13-14H,5-10H2,1-4H3. The van der Waals surface area contributed by atoms with Crippen LogP contribution in [0, 0.1) is 0 Å². The molecule has 0 saturated heterocycles. The van der Waals surface area contributed by atoms with Crippen molar-refractivity contribution in [3.05, 3.63) is 0 Å². The molecule has 0 aliphatic carbocycles. The number of hydrogen-bond donors (Lipinski definition) is 2. The smallest absolute Gasteiger partial charge is 0.158 e. The van der Waals surface area contributed by atoms with Gasteiger partial charge in [-0.3, -0.25) is 0 Å². The largest absolute Gasteiger partial charge is 0.396 e. The normalized spacial score (nSPS) is 12.4. The fraction of sp³-hybridized carbons (Fsp3) is 1.00. The van der Waals surface area contributed by atoms with Crippen molar-refractivity contribution in [2.24, 2.45) is 0 Å². The van der Waals surface area contributed by atoms with Crippen molar-refractivity contribution in [2.75, 3.05) is 26.4 Å². The molecule has 98 valence electrons. The van der Waals surface area contributed by atoms with Crippen LogP contribution in [0.4, 0.5) is 0 Å². The highest BCUT2D eigenvalue weighted by Crippen LogP contribution is 2.08. The van der Waals surface area contributed by atoms with Crippen LogP contribution in [-0.4, -0.2) is 43.3 Å². The lowest BCUT2D eigenvalue weighted by molar-refractivity contribution is -0.139. The molecule has 0 aromatic carbocycles. The topological polar surface area (TPSA) is 50.7 Å². The van der Waals surface area contributed by atoms with E-state index < -0.39 is 0 Å². The van der Waals surface area contributed by atoms with Crippen molar-refractivity contribution in [3.63, 3.8) is 0 Å². The van der Waals surface area contributed by atoms with E-state index in [1.165, 1.54) is 0 Å². The van der Waals surface area contributed by atoms with E-state index in [-0.39, 0.29) is 18.4 Å². The molecule has 0 aliphatic heterocycles. The van der Waals surface area contributed by atoms with Gasteiger partial charge in [0.1, 0.15) is 0 Å². The summed E-state index contributed by atoms with van der Waals surface area (Å²) in [4.78, 5) is 0. The van der Waals surface area contributed by atoms with Gasteiger partial charge in [0.15, 0.2) is 6.29 Å². The molecular weight excluding hydrogens is 206 g/mol. The second-order valence-electron chi connectivity index (χ2n) is 4.41. The highest BCUT2D eigenvalue weighted by molar-refractivity contribution is 4.76. The molecule has 0 bridgehead atoms. The van der Waals surface area contributed by atoms with E-state index in [4.69, 9.17) is 14.6 Å². The second-order valence-corrected chi connectivity index (χ2v) is 4.41. The van der Waals surface area contributed by atoms with Crippen LogP contribution in [0.1, 0.15) is 40.5 Å². The van der Waals surface area contributed by atoms with Crippen LogP contribution in [0.5, 0.6) is 0 Å². The molecule has 0 amide bonds. The minimum Gasteiger partial charge on any atom is -0.396 e. The van der Waals surface area contributed by atoms with Gasteiger partial charge in [0, 0.05) is 38.3 Å². The third kappa shape index (κ3) is 8.05. The number of ether oxygens (including phenoxy) is 2. The van der Waals surface area contributed by atoms with Crippen LogP contribution in [0.2, 0.25) is 0 Å². The van der Waals surface area contributed by atoms with Gasteiger partial charge >= 0.3 is 0 Å². The van der Waals surface area contributed by atoms with Crippen molar-refractivity contribution < 1.29 is 14.6 Å². The van der Waals surface area contributed by atoms with E-state index in [2.05, 4.69) is 19.2 Å². The van der Waals surface area contributed by atoms with Crippen LogP contribution < -0.4 is 5.32 Å². The maximum absolute atomic E-state index is 8.89. The Bertz CT molecular complexity index is 156. The zero-order valence-corrected chi connectivity index (χ0v) is 11.1. The summed E-state index contributed by atoms with van der Waals surface area (Å²) < 4.78 is 10.9. The van der Waals surface area contributed by atoms with Gasteiger partial charge in [-0.05, 0) is 34.1 Å². The quantitative estimate of drug-likeness (QED) is 0.562. The lowest BCUT2D eigenvalue weighted by Crippen LogP contribution is -2.41. The summed E-state index contributed by atoms with van der Waals surface area (Å²) in [6.45, 7) is 10.5. The van der Waals surface area contributed by atoms with E-state index in [1.54, 1.807) is 0 Å². The Balaban J connectivity index is 3.75. The predicted molar refractivity (Wildman–Crippen MR) is 65.4 cm³/mol. The molecule has 0 fully saturated rings. The van der Waals surface area contributed by atoms with Crippen molar-refractivity contribution in [3.8, 4) is 0 Å². The summed E-state index contributed by atoms with van der Waals surface area (Å²) in [7, 11) is 0. The van der Waals surface area contributed by atoms with Crippen LogP contribution >= 0.6 is 0 Å². The van der Waals surface area contributed by atoms with E-state index in [1.807, 2.05) is 13.8 Å². The minimum absolute atomic E-state index is 0.0300. The van der Waals surface area contributed by atoms with Gasteiger partial charge < -0.3 is 19.9 Å². The monoisotopic (exact) mass is 233 g/mol. The molecule has 0 atom stereocenters. The maximum atomic E-state index is 8.89. The first-order chi connectivity index (χ1) is 7.55. The summed E-state index contributed by atoms with van der Waals surface area (Å²) in [5, 5.41) is 12.3. The van der Waals surface area contributed by atoms with E-state index in [0.29, 0.717) is 13.2 Å². The molecule has 2 N–H and O–H groups in total. The number of nitrogens with one attached hydrogen (secondary N) is 1. The fourth-order valence-corrected chi connectivity index (χ4v) is 1.48. The van der Waals surface area contributed by atoms with Crippen molar-refractivity contribution in [1.29, 1.82) is 0 Å². The molecule has 16 heavy (non-hydrogen) atoms. The number of hydrogen-bond acceptors (Lipinski definition) is 4. The third-order valence-corrected chi connectivity index (χ3v) is 2.43. The summed E-state index contributed by atoms with van der Waals surface area (Å²) in [6.07, 6.45) is 1.46. The fourth-order valence-electron chi connectivity index (χ4n) is 1.48. The number of aliphatic hydroxyl groups is 1. The Kier molecular flexibility index (Phi) is 8.84. The molecule has 0 aliphatic rings. The summed E-state index contributed by atoms with van der Waals surface area (Å²) in [5.41, 5.74) is -0.0300. The maximum Gasteiger partial charge on any atom is 0.158 e. The van der Waals surface area contributed by atoms with Crippen molar-refractivity contribution >= 4 is 0 Å². The lowest BCUT2D eigenvalue weighted by Gasteiger charge is -2.26. The Morgan fingerprint density at radius 2 is 1.75 bits per heavy atom. The zero-order valence-electron chi connectivity index (χ0n) is 11.1. The summed E-state index contributed by atoms with van der Waals surface area (Å²) >= 11 is 0. The van der Waals surface area contributed by atoms with Gasteiger partial charge in [0.25, 0.3) is 0 Å². The molecule has 0 heterocycles. The first kappa shape index (κ1) is 15.8. The highest BCUT2D eigenvalue weighted by Gasteiger charge is 2.16. The average Bonchev–Trinajstić information content (AvgIpc) is 2.18. The average molecular weight is 233 g/mol. The van der Waals surface area contributed by atoms with Gasteiger partial charge in [0.05, 0.1) is 0 Å². The van der Waals surface area contributed by atoms with Gasteiger partial charge in [-0.2, -0.15) is 0 Å². The molecule has 0 radical (unpaired) electrons. The van der Waals surface area contributed by atoms with Crippen molar-refractivity contribution in [1.82, 2.24) is 5.32 Å². The van der Waals surface area contributed by atoms with E-state index >= 15 is 0 Å². The minimum atomic E-state index is -0.118. The van der Waals surface area contributed by atoms with Crippen LogP contribution in [0.3, 0.4) is 0 Å². The van der Waals surface area contributed by atoms with E-state index in [0.717, 1.165) is 19.4 Å². The Labute approximate surface area is 99.3 Å².